The molecule has 0 saturated heterocycles. The van der Waals surface area contributed by atoms with Gasteiger partial charge in [0, 0.05) is 46.4 Å². The molecule has 1 N–H and O–H groups in total. The molecular formula is C26H26N6S. The van der Waals surface area contributed by atoms with Crippen molar-refractivity contribution in [1.29, 1.82) is 5.26 Å². The van der Waals surface area contributed by atoms with Crippen LogP contribution in [0.5, 0.6) is 0 Å². The average molecular weight is 455 g/mol. The standard InChI is InChI=1S/C26H26N6S/c1-6-32(7-2)19-9-11-20(12-10-19)33-26-21-14-18(8-13-23(21)30-31-26)24-22(15-27)16(3)29-17(4)25(24)28-5/h8-14,22,24H,6-7H2,1-4H3,(H,30,31). The molecule has 0 spiro atoms. The Bertz CT molecular complexity index is 1320. The molecule has 2 heterocycles. The van der Waals surface area contributed by atoms with Gasteiger partial charge in [0.2, 0.25) is 0 Å². The summed E-state index contributed by atoms with van der Waals surface area (Å²) in [4.78, 5) is 11.6. The van der Waals surface area contributed by atoms with Gasteiger partial charge in [-0.1, -0.05) is 17.8 Å². The molecule has 2 unspecified atom stereocenters. The molecule has 4 rings (SSSR count). The molecule has 0 fully saturated rings. The van der Waals surface area contributed by atoms with Crippen molar-refractivity contribution in [2.24, 2.45) is 10.9 Å². The molecule has 1 aliphatic rings. The van der Waals surface area contributed by atoms with E-state index in [2.05, 4.69) is 75.2 Å². The van der Waals surface area contributed by atoms with E-state index in [0.717, 1.165) is 45.2 Å². The van der Waals surface area contributed by atoms with E-state index in [1.54, 1.807) is 11.8 Å². The third kappa shape index (κ3) is 4.25. The minimum absolute atomic E-state index is 0.324. The van der Waals surface area contributed by atoms with Crippen LogP contribution in [0.4, 0.5) is 5.69 Å². The summed E-state index contributed by atoms with van der Waals surface area (Å²) in [6.45, 7) is 17.7. The maximum atomic E-state index is 9.83. The fraction of sp³-hybridized carbons (Fsp3) is 0.308. The number of nitriles is 1. The second-order valence-electron chi connectivity index (χ2n) is 8.02. The number of H-pyrrole nitrogens is 1. The lowest BCUT2D eigenvalue weighted by molar-refractivity contribution is 0.700. The molecule has 0 saturated carbocycles. The van der Waals surface area contributed by atoms with Gasteiger partial charge in [0.15, 0.2) is 5.70 Å². The van der Waals surface area contributed by atoms with Crippen LogP contribution in [0.15, 0.2) is 68.8 Å². The smallest absolute Gasteiger partial charge is 0.195 e. The zero-order valence-corrected chi connectivity index (χ0v) is 20.1. The summed E-state index contributed by atoms with van der Waals surface area (Å²) in [7, 11) is 0. The minimum Gasteiger partial charge on any atom is -0.372 e. The molecule has 3 aromatic rings. The van der Waals surface area contributed by atoms with Gasteiger partial charge in [-0.15, -0.1) is 0 Å². The summed E-state index contributed by atoms with van der Waals surface area (Å²) < 4.78 is 0. The third-order valence-electron chi connectivity index (χ3n) is 6.14. The lowest BCUT2D eigenvalue weighted by atomic mass is 9.79. The number of hydrogen-bond acceptors (Lipinski definition) is 5. The molecular weight excluding hydrogens is 428 g/mol. The number of aromatic amines is 1. The van der Waals surface area contributed by atoms with Crippen LogP contribution in [-0.4, -0.2) is 29.0 Å². The number of rotatable bonds is 6. The van der Waals surface area contributed by atoms with Gasteiger partial charge in [-0.3, -0.25) is 10.1 Å². The van der Waals surface area contributed by atoms with Gasteiger partial charge in [-0.2, -0.15) is 10.4 Å². The number of benzene rings is 2. The molecule has 0 bridgehead atoms. The predicted molar refractivity (Wildman–Crippen MR) is 134 cm³/mol. The highest BCUT2D eigenvalue weighted by Crippen LogP contribution is 2.41. The van der Waals surface area contributed by atoms with Crippen LogP contribution in [0, 0.1) is 23.8 Å². The summed E-state index contributed by atoms with van der Waals surface area (Å²) in [5.74, 6) is -0.777. The Labute approximate surface area is 198 Å². The topological polar surface area (TPSA) is 72.4 Å². The minimum atomic E-state index is -0.453. The average Bonchev–Trinajstić information content (AvgIpc) is 3.22. The predicted octanol–water partition coefficient (Wildman–Crippen LogP) is 6.41. The van der Waals surface area contributed by atoms with Crippen molar-refractivity contribution in [2.75, 3.05) is 18.0 Å². The Morgan fingerprint density at radius 3 is 2.52 bits per heavy atom. The maximum Gasteiger partial charge on any atom is 0.195 e. The van der Waals surface area contributed by atoms with E-state index in [-0.39, 0.29) is 5.92 Å². The summed E-state index contributed by atoms with van der Waals surface area (Å²) in [5, 5.41) is 19.4. The number of hydrogen-bond donors (Lipinski definition) is 1. The van der Waals surface area contributed by atoms with Crippen molar-refractivity contribution in [3.63, 3.8) is 0 Å². The highest BCUT2D eigenvalue weighted by atomic mass is 32.2. The van der Waals surface area contributed by atoms with E-state index in [1.165, 1.54) is 5.69 Å². The van der Waals surface area contributed by atoms with Gasteiger partial charge in [0.05, 0.1) is 24.1 Å². The number of anilines is 1. The van der Waals surface area contributed by atoms with E-state index >= 15 is 0 Å². The Morgan fingerprint density at radius 2 is 1.88 bits per heavy atom. The van der Waals surface area contributed by atoms with Gasteiger partial charge in [0.1, 0.15) is 5.03 Å². The van der Waals surface area contributed by atoms with Crippen LogP contribution in [-0.2, 0) is 0 Å². The number of nitrogens with zero attached hydrogens (tertiary/aromatic N) is 5. The van der Waals surface area contributed by atoms with Gasteiger partial charge in [0.25, 0.3) is 0 Å². The fourth-order valence-electron chi connectivity index (χ4n) is 4.39. The molecule has 2 aromatic carbocycles. The van der Waals surface area contributed by atoms with Crippen molar-refractivity contribution < 1.29 is 0 Å². The number of nitrogens with one attached hydrogen (secondary N) is 1. The summed E-state index contributed by atoms with van der Waals surface area (Å²) in [5.41, 5.74) is 5.06. The van der Waals surface area contributed by atoms with Crippen molar-refractivity contribution in [2.45, 2.75) is 43.5 Å². The second-order valence-corrected chi connectivity index (χ2v) is 9.08. The quantitative estimate of drug-likeness (QED) is 0.437. The van der Waals surface area contributed by atoms with Crippen LogP contribution in [0.25, 0.3) is 15.7 Å². The number of aromatic nitrogens is 2. The Hall–Kier alpha value is -3.55. The molecule has 33 heavy (non-hydrogen) atoms. The van der Waals surface area contributed by atoms with Gasteiger partial charge in [-0.05, 0) is 69.7 Å². The monoisotopic (exact) mass is 454 g/mol. The SMILES string of the molecule is [C-]#[N+]C1=C(C)N=C(C)C(C#N)C1c1ccc2[nH]nc(Sc3ccc(N(CC)CC)cc3)c2c1. The largest absolute Gasteiger partial charge is 0.372 e. The van der Waals surface area contributed by atoms with E-state index in [0.29, 0.717) is 11.4 Å². The molecule has 2 atom stereocenters. The first-order chi connectivity index (χ1) is 16.0. The zero-order valence-electron chi connectivity index (χ0n) is 19.3. The Kier molecular flexibility index (Phi) is 6.53. The van der Waals surface area contributed by atoms with Gasteiger partial charge < -0.3 is 4.90 Å². The number of allylic oxidation sites excluding steroid dienone is 2. The van der Waals surface area contributed by atoms with Gasteiger partial charge >= 0.3 is 0 Å². The Morgan fingerprint density at radius 1 is 1.15 bits per heavy atom. The molecule has 166 valence electrons. The van der Waals surface area contributed by atoms with E-state index in [1.807, 2.05) is 26.0 Å². The molecule has 7 heteroatoms. The molecule has 1 aromatic heterocycles. The molecule has 6 nitrogen and oxygen atoms in total. The van der Waals surface area contributed by atoms with Crippen LogP contribution >= 0.6 is 11.8 Å². The molecule has 0 aliphatic carbocycles. The number of fused-ring (bicyclic) bond motifs is 1. The highest BCUT2D eigenvalue weighted by Gasteiger charge is 2.34. The van der Waals surface area contributed by atoms with Crippen LogP contribution in [0.2, 0.25) is 0 Å². The third-order valence-corrected chi connectivity index (χ3v) is 7.16. The Balaban J connectivity index is 1.69. The van der Waals surface area contributed by atoms with Crippen LogP contribution in [0.1, 0.15) is 39.2 Å². The van der Waals surface area contributed by atoms with Crippen LogP contribution in [0.3, 0.4) is 0 Å². The lowest BCUT2D eigenvalue weighted by Crippen LogP contribution is -2.24. The molecule has 0 radical (unpaired) electrons. The summed E-state index contributed by atoms with van der Waals surface area (Å²) >= 11 is 1.61. The van der Waals surface area contributed by atoms with E-state index < -0.39 is 5.92 Å². The van der Waals surface area contributed by atoms with Crippen molar-refractivity contribution in [1.82, 2.24) is 10.2 Å². The molecule has 0 amide bonds. The molecule has 1 aliphatic heterocycles. The second kappa shape index (κ2) is 9.52. The highest BCUT2D eigenvalue weighted by molar-refractivity contribution is 7.99. The van der Waals surface area contributed by atoms with E-state index in [4.69, 9.17) is 6.57 Å². The van der Waals surface area contributed by atoms with Crippen molar-refractivity contribution in [3.8, 4) is 6.07 Å². The normalized spacial score (nSPS) is 18.1. The van der Waals surface area contributed by atoms with Gasteiger partial charge in [-0.25, -0.2) is 4.85 Å². The first-order valence-electron chi connectivity index (χ1n) is 11.0. The zero-order chi connectivity index (χ0) is 23.5. The van der Waals surface area contributed by atoms with Crippen molar-refractivity contribution in [3.05, 3.63) is 70.8 Å². The first-order valence-corrected chi connectivity index (χ1v) is 11.9. The summed E-state index contributed by atoms with van der Waals surface area (Å²) in [6, 6.07) is 16.9. The first kappa shape index (κ1) is 22.6. The number of aliphatic imine (C=N–C) groups is 1. The maximum absolute atomic E-state index is 9.83. The summed E-state index contributed by atoms with van der Waals surface area (Å²) in [6.07, 6.45) is 0. The van der Waals surface area contributed by atoms with E-state index in [9.17, 15) is 5.26 Å². The van der Waals surface area contributed by atoms with Crippen molar-refractivity contribution >= 4 is 34.1 Å². The fourth-order valence-corrected chi connectivity index (χ4v) is 5.25. The lowest BCUT2D eigenvalue weighted by Gasteiger charge is -2.26. The van der Waals surface area contributed by atoms with Crippen LogP contribution < -0.4 is 4.90 Å².